The molecule has 114 valence electrons. The van der Waals surface area contributed by atoms with Crippen molar-refractivity contribution >= 4 is 29.3 Å². The molecule has 1 aromatic rings. The Hall–Kier alpha value is -0.660. The first-order valence-corrected chi connectivity index (χ1v) is 8.69. The number of nitrogens with zero attached hydrogens (tertiary/aromatic N) is 2. The largest absolute Gasteiger partial charge is 0.465 e. The number of nitrogens with one attached hydrogen (secondary N) is 1. The molecule has 0 aliphatic carbocycles. The fourth-order valence-corrected chi connectivity index (χ4v) is 3.32. The fraction of sp³-hybridized carbons (Fsp3) is 0.769. The van der Waals surface area contributed by atoms with Crippen molar-refractivity contribution in [1.82, 2.24) is 14.7 Å². The van der Waals surface area contributed by atoms with Crippen molar-refractivity contribution in [2.75, 3.05) is 18.9 Å². The number of esters is 1. The van der Waals surface area contributed by atoms with E-state index < -0.39 is 5.54 Å². The van der Waals surface area contributed by atoms with E-state index in [1.807, 2.05) is 20.8 Å². The van der Waals surface area contributed by atoms with Crippen LogP contribution in [0.1, 0.15) is 39.9 Å². The number of ether oxygens (including phenoxy) is 1. The molecule has 1 unspecified atom stereocenters. The third-order valence-electron chi connectivity index (χ3n) is 2.74. The predicted molar refractivity (Wildman–Crippen MR) is 83.3 cm³/mol. The van der Waals surface area contributed by atoms with Crippen LogP contribution in [0.15, 0.2) is 4.34 Å². The van der Waals surface area contributed by atoms with Gasteiger partial charge in [-0.3, -0.25) is 4.79 Å². The number of aromatic nitrogens is 2. The van der Waals surface area contributed by atoms with Crippen molar-refractivity contribution in [3.05, 3.63) is 5.82 Å². The minimum atomic E-state index is -0.686. The van der Waals surface area contributed by atoms with Gasteiger partial charge in [0.05, 0.1) is 6.61 Å². The van der Waals surface area contributed by atoms with Crippen LogP contribution in [-0.4, -0.2) is 39.8 Å². The Bertz CT molecular complexity index is 426. The van der Waals surface area contributed by atoms with Gasteiger partial charge in [0.15, 0.2) is 4.34 Å². The van der Waals surface area contributed by atoms with E-state index in [-0.39, 0.29) is 5.97 Å². The monoisotopic (exact) mass is 317 g/mol. The zero-order valence-corrected chi connectivity index (χ0v) is 14.2. The number of hydrogen-bond donors (Lipinski definition) is 1. The number of carbonyl (C=O) groups excluding carboxylic acids is 1. The molecule has 1 N–H and O–H groups in total. The molecule has 5 nitrogen and oxygen atoms in total. The highest BCUT2D eigenvalue weighted by Gasteiger charge is 2.34. The first-order chi connectivity index (χ1) is 9.55. The second-order valence-electron chi connectivity index (χ2n) is 4.60. The van der Waals surface area contributed by atoms with Crippen molar-refractivity contribution in [2.45, 2.75) is 50.4 Å². The summed E-state index contributed by atoms with van der Waals surface area (Å²) in [6.07, 6.45) is 1.80. The summed E-state index contributed by atoms with van der Waals surface area (Å²) in [5.74, 6) is 1.24. The molecule has 0 aliphatic rings. The van der Waals surface area contributed by atoms with Gasteiger partial charge in [-0.05, 0) is 38.3 Å². The van der Waals surface area contributed by atoms with Crippen LogP contribution in [-0.2, 0) is 16.0 Å². The van der Waals surface area contributed by atoms with Crippen LogP contribution in [0.4, 0.5) is 0 Å². The van der Waals surface area contributed by atoms with Gasteiger partial charge in [-0.15, -0.1) is 0 Å². The zero-order valence-electron chi connectivity index (χ0n) is 12.6. The molecule has 0 saturated carbocycles. The summed E-state index contributed by atoms with van der Waals surface area (Å²) in [7, 11) is 0. The summed E-state index contributed by atoms with van der Waals surface area (Å²) < 4.78 is 10.3. The maximum atomic E-state index is 12.1. The van der Waals surface area contributed by atoms with E-state index in [1.165, 1.54) is 11.5 Å². The van der Waals surface area contributed by atoms with Gasteiger partial charge in [0, 0.05) is 12.2 Å². The first-order valence-electron chi connectivity index (χ1n) is 6.93. The minimum Gasteiger partial charge on any atom is -0.465 e. The van der Waals surface area contributed by atoms with Gasteiger partial charge in [-0.2, -0.15) is 4.37 Å². The van der Waals surface area contributed by atoms with Crippen molar-refractivity contribution in [1.29, 1.82) is 0 Å². The predicted octanol–water partition coefficient (Wildman–Crippen LogP) is 2.51. The summed E-state index contributed by atoms with van der Waals surface area (Å²) in [4.78, 5) is 16.5. The van der Waals surface area contributed by atoms with Crippen molar-refractivity contribution in [3.63, 3.8) is 0 Å². The zero-order chi connectivity index (χ0) is 15.0. The van der Waals surface area contributed by atoms with Gasteiger partial charge in [-0.25, -0.2) is 4.98 Å². The molecule has 0 spiro atoms. The number of rotatable bonds is 9. The van der Waals surface area contributed by atoms with Crippen molar-refractivity contribution < 1.29 is 9.53 Å². The molecule has 0 bridgehead atoms. The average Bonchev–Trinajstić information content (AvgIpc) is 2.91. The summed E-state index contributed by atoms with van der Waals surface area (Å²) in [6, 6.07) is 0. The Morgan fingerprint density at radius 3 is 2.75 bits per heavy atom. The van der Waals surface area contributed by atoms with Crippen molar-refractivity contribution in [3.8, 4) is 0 Å². The van der Waals surface area contributed by atoms with Gasteiger partial charge in [0.1, 0.15) is 11.4 Å². The molecular weight excluding hydrogens is 294 g/mol. The highest BCUT2D eigenvalue weighted by molar-refractivity contribution is 8.01. The Morgan fingerprint density at radius 2 is 2.20 bits per heavy atom. The van der Waals surface area contributed by atoms with Crippen LogP contribution in [0.2, 0.25) is 0 Å². The van der Waals surface area contributed by atoms with Crippen LogP contribution < -0.4 is 5.32 Å². The van der Waals surface area contributed by atoms with E-state index in [9.17, 15) is 4.79 Å². The Morgan fingerprint density at radius 1 is 1.45 bits per heavy atom. The van der Waals surface area contributed by atoms with Crippen LogP contribution in [0.5, 0.6) is 0 Å². The lowest BCUT2D eigenvalue weighted by Crippen LogP contribution is -2.52. The maximum absolute atomic E-state index is 12.1. The SMILES string of the molecule is CCCNC(C)(CSc1nc(CC)ns1)C(=O)OCC. The molecule has 1 heterocycles. The molecule has 20 heavy (non-hydrogen) atoms. The lowest BCUT2D eigenvalue weighted by Gasteiger charge is -2.27. The molecule has 0 aliphatic heterocycles. The van der Waals surface area contributed by atoms with Crippen LogP contribution in [0.25, 0.3) is 0 Å². The molecule has 0 saturated heterocycles. The van der Waals surface area contributed by atoms with E-state index >= 15 is 0 Å². The first kappa shape index (κ1) is 17.4. The van der Waals surface area contributed by atoms with Crippen LogP contribution >= 0.6 is 23.3 Å². The van der Waals surface area contributed by atoms with Gasteiger partial charge in [0.2, 0.25) is 0 Å². The quantitative estimate of drug-likeness (QED) is 0.558. The molecular formula is C13H23N3O2S2. The average molecular weight is 317 g/mol. The lowest BCUT2D eigenvalue weighted by atomic mass is 10.1. The standard InChI is InChI=1S/C13H23N3O2S2/c1-5-8-14-13(4,11(17)18-7-3)9-19-12-15-10(6-2)16-20-12/h14H,5-9H2,1-4H3. The highest BCUT2D eigenvalue weighted by atomic mass is 32.2. The van der Waals surface area contributed by atoms with E-state index in [0.717, 1.165) is 29.6 Å². The second-order valence-corrected chi connectivity index (χ2v) is 6.57. The van der Waals surface area contributed by atoms with E-state index in [2.05, 4.69) is 21.6 Å². The van der Waals surface area contributed by atoms with Crippen LogP contribution in [0.3, 0.4) is 0 Å². The molecule has 0 fully saturated rings. The van der Waals surface area contributed by atoms with E-state index in [4.69, 9.17) is 4.74 Å². The summed E-state index contributed by atoms with van der Waals surface area (Å²) in [5, 5.41) is 3.28. The molecule has 1 aromatic heterocycles. The number of hydrogen-bond acceptors (Lipinski definition) is 7. The van der Waals surface area contributed by atoms with E-state index in [0.29, 0.717) is 12.4 Å². The molecule has 0 aromatic carbocycles. The second kappa shape index (κ2) is 8.59. The number of aryl methyl sites for hydroxylation is 1. The molecule has 1 rings (SSSR count). The molecule has 1 atom stereocenters. The summed E-state index contributed by atoms with van der Waals surface area (Å²) >= 11 is 2.94. The van der Waals surface area contributed by atoms with Gasteiger partial charge in [0.25, 0.3) is 0 Å². The van der Waals surface area contributed by atoms with Gasteiger partial charge < -0.3 is 10.1 Å². The Kier molecular flexibility index (Phi) is 7.47. The van der Waals surface area contributed by atoms with Gasteiger partial charge in [-0.1, -0.05) is 25.6 Å². The maximum Gasteiger partial charge on any atom is 0.326 e. The third-order valence-corrected chi connectivity index (χ3v) is 4.93. The normalized spacial score (nSPS) is 14.0. The fourth-order valence-electron chi connectivity index (χ4n) is 1.52. The topological polar surface area (TPSA) is 64.1 Å². The van der Waals surface area contributed by atoms with Gasteiger partial charge >= 0.3 is 5.97 Å². The summed E-state index contributed by atoms with van der Waals surface area (Å²) in [6.45, 7) is 8.99. The molecule has 0 radical (unpaired) electrons. The van der Waals surface area contributed by atoms with Crippen molar-refractivity contribution in [2.24, 2.45) is 0 Å². The Labute approximate surface area is 129 Å². The molecule has 0 amide bonds. The number of carbonyl (C=O) groups is 1. The number of thioether (sulfide) groups is 1. The molecule has 7 heteroatoms. The highest BCUT2D eigenvalue weighted by Crippen LogP contribution is 2.25. The van der Waals surface area contributed by atoms with E-state index in [1.54, 1.807) is 11.8 Å². The Balaban J connectivity index is 2.65. The smallest absolute Gasteiger partial charge is 0.326 e. The minimum absolute atomic E-state index is 0.207. The lowest BCUT2D eigenvalue weighted by molar-refractivity contribution is -0.149. The summed E-state index contributed by atoms with van der Waals surface area (Å²) in [5.41, 5.74) is -0.686. The third kappa shape index (κ3) is 5.03. The van der Waals surface area contributed by atoms with Crippen LogP contribution in [0, 0.1) is 0 Å².